The van der Waals surface area contributed by atoms with Crippen molar-refractivity contribution in [2.24, 2.45) is 0 Å². The molecule has 102 valence electrons. The smallest absolute Gasteiger partial charge is 0.337 e. The van der Waals surface area contributed by atoms with Crippen LogP contribution in [0, 0.1) is 6.92 Å². The Morgan fingerprint density at radius 2 is 1.85 bits per heavy atom. The van der Waals surface area contributed by atoms with Crippen molar-refractivity contribution >= 4 is 23.4 Å². The van der Waals surface area contributed by atoms with Crippen LogP contribution in [0.2, 0.25) is 0 Å². The summed E-state index contributed by atoms with van der Waals surface area (Å²) in [5.41, 5.74) is 1.67. The predicted octanol–water partition coefficient (Wildman–Crippen LogP) is 2.13. The van der Waals surface area contributed by atoms with Crippen molar-refractivity contribution in [2.45, 2.75) is 6.92 Å². The Morgan fingerprint density at radius 1 is 1.10 bits per heavy atom. The van der Waals surface area contributed by atoms with Crippen molar-refractivity contribution in [3.8, 4) is 0 Å². The van der Waals surface area contributed by atoms with E-state index in [1.165, 1.54) is 24.7 Å². The SMILES string of the molecule is Cc1ccc(NC(=O)Nc2cncc(C(=O)O)c2)cn1. The average molecular weight is 272 g/mol. The van der Waals surface area contributed by atoms with E-state index in [-0.39, 0.29) is 5.56 Å². The lowest BCUT2D eigenvalue weighted by Gasteiger charge is -2.07. The van der Waals surface area contributed by atoms with Crippen LogP contribution in [0.5, 0.6) is 0 Å². The highest BCUT2D eigenvalue weighted by Crippen LogP contribution is 2.10. The Kier molecular flexibility index (Phi) is 3.90. The second-order valence-corrected chi connectivity index (χ2v) is 4.03. The summed E-state index contributed by atoms with van der Waals surface area (Å²) in [6.45, 7) is 1.84. The third-order valence-electron chi connectivity index (χ3n) is 2.41. The number of pyridine rings is 2. The summed E-state index contributed by atoms with van der Waals surface area (Å²) in [5, 5.41) is 13.9. The number of carbonyl (C=O) groups is 2. The van der Waals surface area contributed by atoms with E-state index in [0.29, 0.717) is 11.4 Å². The largest absolute Gasteiger partial charge is 0.478 e. The molecule has 20 heavy (non-hydrogen) atoms. The Bertz CT molecular complexity index is 640. The summed E-state index contributed by atoms with van der Waals surface area (Å²) in [4.78, 5) is 30.3. The van der Waals surface area contributed by atoms with Crippen molar-refractivity contribution in [1.82, 2.24) is 9.97 Å². The predicted molar refractivity (Wildman–Crippen MR) is 72.8 cm³/mol. The lowest BCUT2D eigenvalue weighted by atomic mass is 10.2. The molecule has 0 aromatic carbocycles. The molecule has 7 heteroatoms. The Hall–Kier alpha value is -2.96. The molecule has 2 rings (SSSR count). The van der Waals surface area contributed by atoms with E-state index in [1.807, 2.05) is 6.92 Å². The first-order valence-corrected chi connectivity index (χ1v) is 5.73. The van der Waals surface area contributed by atoms with Gasteiger partial charge in [-0.2, -0.15) is 0 Å². The fourth-order valence-electron chi connectivity index (χ4n) is 1.46. The van der Waals surface area contributed by atoms with Crippen LogP contribution >= 0.6 is 0 Å². The number of aromatic carboxylic acids is 1. The maximum absolute atomic E-state index is 11.7. The van der Waals surface area contributed by atoms with Crippen LogP contribution < -0.4 is 10.6 Å². The van der Waals surface area contributed by atoms with Crippen LogP contribution in [0.3, 0.4) is 0 Å². The molecule has 2 heterocycles. The summed E-state index contributed by atoms with van der Waals surface area (Å²) in [6, 6.07) is 4.30. The fraction of sp³-hybridized carbons (Fsp3) is 0.0769. The maximum Gasteiger partial charge on any atom is 0.337 e. The first kappa shape index (κ1) is 13.5. The molecule has 0 saturated carbocycles. The molecule has 0 spiro atoms. The van der Waals surface area contributed by atoms with E-state index in [1.54, 1.807) is 12.1 Å². The van der Waals surface area contributed by atoms with E-state index < -0.39 is 12.0 Å². The third kappa shape index (κ3) is 3.52. The van der Waals surface area contributed by atoms with Crippen molar-refractivity contribution in [1.29, 1.82) is 0 Å². The number of nitrogens with one attached hydrogen (secondary N) is 2. The molecule has 3 N–H and O–H groups in total. The quantitative estimate of drug-likeness (QED) is 0.793. The molecule has 0 atom stereocenters. The molecule has 0 fully saturated rings. The molecule has 0 aliphatic rings. The molecule has 0 saturated heterocycles. The van der Waals surface area contributed by atoms with Crippen molar-refractivity contribution in [3.05, 3.63) is 48.0 Å². The van der Waals surface area contributed by atoms with E-state index >= 15 is 0 Å². The first-order chi connectivity index (χ1) is 9.54. The van der Waals surface area contributed by atoms with Crippen LogP contribution in [0.1, 0.15) is 16.1 Å². The number of aromatic nitrogens is 2. The number of urea groups is 1. The van der Waals surface area contributed by atoms with E-state index in [4.69, 9.17) is 5.11 Å². The molecule has 0 radical (unpaired) electrons. The van der Waals surface area contributed by atoms with Gasteiger partial charge in [0.1, 0.15) is 0 Å². The summed E-state index contributed by atoms with van der Waals surface area (Å²) < 4.78 is 0. The van der Waals surface area contributed by atoms with Gasteiger partial charge in [0.15, 0.2) is 0 Å². The Morgan fingerprint density at radius 3 is 2.50 bits per heavy atom. The Balaban J connectivity index is 2.02. The van der Waals surface area contributed by atoms with Crippen molar-refractivity contribution in [2.75, 3.05) is 10.6 Å². The van der Waals surface area contributed by atoms with Crippen molar-refractivity contribution in [3.63, 3.8) is 0 Å². The highest BCUT2D eigenvalue weighted by atomic mass is 16.4. The molecule has 0 aliphatic carbocycles. The van der Waals surface area contributed by atoms with Crippen molar-refractivity contribution < 1.29 is 14.7 Å². The van der Waals surface area contributed by atoms with Gasteiger partial charge in [0.2, 0.25) is 0 Å². The standard InChI is InChI=1S/C13H12N4O3/c1-8-2-3-10(7-15-8)16-13(20)17-11-4-9(12(18)19)5-14-6-11/h2-7H,1H3,(H,18,19)(H2,16,17,20). The zero-order valence-corrected chi connectivity index (χ0v) is 10.6. The fourth-order valence-corrected chi connectivity index (χ4v) is 1.46. The van der Waals surface area contributed by atoms with Gasteiger partial charge >= 0.3 is 12.0 Å². The topological polar surface area (TPSA) is 104 Å². The number of nitrogens with zero attached hydrogens (tertiary/aromatic N) is 2. The number of hydrogen-bond acceptors (Lipinski definition) is 4. The van der Waals surface area contributed by atoms with Gasteiger partial charge in [-0.25, -0.2) is 9.59 Å². The normalized spacial score (nSPS) is 9.85. The monoisotopic (exact) mass is 272 g/mol. The van der Waals surface area contributed by atoms with E-state index in [9.17, 15) is 9.59 Å². The molecule has 7 nitrogen and oxygen atoms in total. The van der Waals surface area contributed by atoms with Crippen LogP contribution in [0.15, 0.2) is 36.8 Å². The number of anilines is 2. The summed E-state index contributed by atoms with van der Waals surface area (Å²) in [7, 11) is 0. The Labute approximate surface area is 114 Å². The second kappa shape index (κ2) is 5.79. The van der Waals surface area contributed by atoms with Crippen LogP contribution in [-0.4, -0.2) is 27.1 Å². The summed E-state index contributed by atoms with van der Waals surface area (Å²) in [6.07, 6.45) is 4.09. The zero-order valence-electron chi connectivity index (χ0n) is 10.6. The van der Waals surface area contributed by atoms with Gasteiger partial charge in [-0.3, -0.25) is 9.97 Å². The lowest BCUT2D eigenvalue weighted by molar-refractivity contribution is 0.0696. The van der Waals surface area contributed by atoms with Gasteiger partial charge in [-0.05, 0) is 25.1 Å². The van der Waals surface area contributed by atoms with Gasteiger partial charge in [-0.15, -0.1) is 0 Å². The van der Waals surface area contributed by atoms with Gasteiger partial charge < -0.3 is 15.7 Å². The number of aryl methyl sites for hydroxylation is 1. The molecule has 2 aromatic heterocycles. The minimum Gasteiger partial charge on any atom is -0.478 e. The molecule has 0 bridgehead atoms. The second-order valence-electron chi connectivity index (χ2n) is 4.03. The molecular formula is C13H12N4O3. The number of amides is 2. The number of hydrogen-bond donors (Lipinski definition) is 3. The summed E-state index contributed by atoms with van der Waals surface area (Å²) in [5.74, 6) is -1.11. The molecular weight excluding hydrogens is 260 g/mol. The van der Waals surface area contributed by atoms with Crippen LogP contribution in [0.25, 0.3) is 0 Å². The average Bonchev–Trinajstić information content (AvgIpc) is 2.41. The minimum atomic E-state index is -1.11. The molecule has 0 unspecified atom stereocenters. The third-order valence-corrected chi connectivity index (χ3v) is 2.41. The number of carboxylic acids is 1. The van der Waals surface area contributed by atoms with Gasteiger partial charge in [-0.1, -0.05) is 0 Å². The molecule has 2 amide bonds. The maximum atomic E-state index is 11.7. The van der Waals surface area contributed by atoms with Gasteiger partial charge in [0.05, 0.1) is 29.3 Å². The van der Waals surface area contributed by atoms with E-state index in [2.05, 4.69) is 20.6 Å². The minimum absolute atomic E-state index is 0.000183. The highest BCUT2D eigenvalue weighted by Gasteiger charge is 2.07. The lowest BCUT2D eigenvalue weighted by Crippen LogP contribution is -2.19. The van der Waals surface area contributed by atoms with Crippen LogP contribution in [-0.2, 0) is 0 Å². The highest BCUT2D eigenvalue weighted by molar-refractivity contribution is 6.00. The number of carbonyl (C=O) groups excluding carboxylic acids is 1. The number of rotatable bonds is 3. The molecule has 0 aliphatic heterocycles. The first-order valence-electron chi connectivity index (χ1n) is 5.73. The molecule has 2 aromatic rings. The van der Waals surface area contributed by atoms with E-state index in [0.717, 1.165) is 5.69 Å². The van der Waals surface area contributed by atoms with Crippen LogP contribution in [0.4, 0.5) is 16.2 Å². The van der Waals surface area contributed by atoms with Gasteiger partial charge in [0, 0.05) is 11.9 Å². The van der Waals surface area contributed by atoms with Gasteiger partial charge in [0.25, 0.3) is 0 Å². The number of carboxylic acid groups (broad SMARTS) is 1. The summed E-state index contributed by atoms with van der Waals surface area (Å²) >= 11 is 0. The zero-order chi connectivity index (χ0) is 14.5.